The number of sulfonamides is 1. The number of nitrogens with zero attached hydrogens (tertiary/aromatic N) is 3. The Morgan fingerprint density at radius 3 is 2.37 bits per heavy atom. The van der Waals surface area contributed by atoms with Gasteiger partial charge in [0.05, 0.1) is 22.1 Å². The molecule has 2 aromatic rings. The first-order valence-electron chi connectivity index (χ1n) is 9.50. The summed E-state index contributed by atoms with van der Waals surface area (Å²) in [6.45, 7) is 3.52. The molecule has 5 nitrogen and oxygen atoms in total. The van der Waals surface area contributed by atoms with Gasteiger partial charge in [0.1, 0.15) is 0 Å². The summed E-state index contributed by atoms with van der Waals surface area (Å²) in [7, 11) is -4.02. The third-order valence-corrected chi connectivity index (χ3v) is 7.08. The number of alkyl halides is 3. The van der Waals surface area contributed by atoms with Gasteiger partial charge in [-0.05, 0) is 55.3 Å². The minimum Gasteiger partial charge on any atom is -0.298 e. The molecule has 30 heavy (non-hydrogen) atoms. The number of hydrogen-bond donors (Lipinski definition) is 0. The van der Waals surface area contributed by atoms with Gasteiger partial charge in [-0.15, -0.1) is 0 Å². The number of aryl methyl sites for hydroxylation is 1. The smallest absolute Gasteiger partial charge is 0.298 e. The Bertz CT molecular complexity index is 1040. The van der Waals surface area contributed by atoms with E-state index in [1.54, 1.807) is 12.1 Å². The molecule has 0 atom stereocenters. The lowest BCUT2D eigenvalue weighted by molar-refractivity contribution is -0.138. The van der Waals surface area contributed by atoms with Crippen LogP contribution in [0.15, 0.2) is 47.4 Å². The maximum absolute atomic E-state index is 13.2. The molecule has 160 valence electrons. The van der Waals surface area contributed by atoms with Crippen LogP contribution in [0.5, 0.6) is 0 Å². The van der Waals surface area contributed by atoms with Gasteiger partial charge in [0.25, 0.3) is 0 Å². The van der Waals surface area contributed by atoms with Crippen LogP contribution in [0.4, 0.5) is 13.2 Å². The highest BCUT2D eigenvalue weighted by atomic mass is 32.2. The van der Waals surface area contributed by atoms with Crippen LogP contribution in [-0.4, -0.2) is 43.8 Å². The predicted octanol–water partition coefficient (Wildman–Crippen LogP) is 3.78. The zero-order valence-corrected chi connectivity index (χ0v) is 17.3. The molecule has 1 fully saturated rings. The van der Waals surface area contributed by atoms with Crippen LogP contribution in [-0.2, 0) is 22.7 Å². The molecular formula is C21H22F3N3O2S. The Morgan fingerprint density at radius 1 is 1.03 bits per heavy atom. The molecule has 0 bridgehead atoms. The third kappa shape index (κ3) is 5.01. The second kappa shape index (κ2) is 8.76. The Balaban J connectivity index is 1.73. The Hall–Kier alpha value is -2.41. The van der Waals surface area contributed by atoms with E-state index in [0.717, 1.165) is 11.6 Å². The van der Waals surface area contributed by atoms with E-state index in [0.29, 0.717) is 31.6 Å². The Morgan fingerprint density at radius 2 is 1.73 bits per heavy atom. The molecular weight excluding hydrogens is 415 g/mol. The fraction of sp³-hybridized carbons (Fsp3) is 0.381. The van der Waals surface area contributed by atoms with Crippen LogP contribution in [0.3, 0.4) is 0 Å². The van der Waals surface area contributed by atoms with Crippen molar-refractivity contribution in [1.82, 2.24) is 9.21 Å². The lowest BCUT2D eigenvalue weighted by atomic mass is 10.1. The largest absolute Gasteiger partial charge is 0.416 e. The molecule has 0 amide bonds. The van der Waals surface area contributed by atoms with Crippen LogP contribution >= 0.6 is 0 Å². The van der Waals surface area contributed by atoms with Crippen molar-refractivity contribution >= 4 is 10.0 Å². The summed E-state index contributed by atoms with van der Waals surface area (Å²) < 4.78 is 66.8. The van der Waals surface area contributed by atoms with Crippen LogP contribution in [0.25, 0.3) is 0 Å². The monoisotopic (exact) mass is 437 g/mol. The number of rotatable bonds is 4. The van der Waals surface area contributed by atoms with Gasteiger partial charge in [0, 0.05) is 26.2 Å². The number of hydrogen-bond acceptors (Lipinski definition) is 4. The molecule has 0 saturated carbocycles. The summed E-state index contributed by atoms with van der Waals surface area (Å²) in [5, 5.41) is 8.88. The van der Waals surface area contributed by atoms with E-state index >= 15 is 0 Å². The lowest BCUT2D eigenvalue weighted by Crippen LogP contribution is -2.35. The molecule has 2 aromatic carbocycles. The minimum absolute atomic E-state index is 0.00842. The van der Waals surface area contributed by atoms with E-state index in [4.69, 9.17) is 5.26 Å². The highest BCUT2D eigenvalue weighted by molar-refractivity contribution is 7.89. The van der Waals surface area contributed by atoms with Crippen LogP contribution in [0.1, 0.15) is 28.7 Å². The van der Waals surface area contributed by atoms with E-state index in [1.807, 2.05) is 12.1 Å². The van der Waals surface area contributed by atoms with Gasteiger partial charge in [0.2, 0.25) is 10.0 Å². The van der Waals surface area contributed by atoms with Crippen LogP contribution in [0, 0.1) is 18.3 Å². The average Bonchev–Trinajstić information content (AvgIpc) is 2.94. The molecule has 1 aliphatic rings. The van der Waals surface area contributed by atoms with Crippen molar-refractivity contribution in [2.45, 2.75) is 31.0 Å². The summed E-state index contributed by atoms with van der Waals surface area (Å²) in [6.07, 6.45) is -4.03. The van der Waals surface area contributed by atoms with E-state index in [9.17, 15) is 21.6 Å². The van der Waals surface area contributed by atoms with Gasteiger partial charge in [-0.1, -0.05) is 18.2 Å². The molecule has 0 aliphatic carbocycles. The summed E-state index contributed by atoms with van der Waals surface area (Å²) in [5.41, 5.74) is 0.647. The van der Waals surface area contributed by atoms with Gasteiger partial charge in [-0.3, -0.25) is 4.90 Å². The van der Waals surface area contributed by atoms with E-state index < -0.39 is 21.8 Å². The highest BCUT2D eigenvalue weighted by Crippen LogP contribution is 2.34. The number of benzene rings is 2. The topological polar surface area (TPSA) is 64.4 Å². The summed E-state index contributed by atoms with van der Waals surface area (Å²) in [5.74, 6) is 0. The molecule has 0 radical (unpaired) electrons. The van der Waals surface area contributed by atoms with Gasteiger partial charge in [0.15, 0.2) is 0 Å². The van der Waals surface area contributed by atoms with Gasteiger partial charge in [-0.25, -0.2) is 8.42 Å². The first kappa shape index (κ1) is 22.3. The van der Waals surface area contributed by atoms with Crippen molar-refractivity contribution < 1.29 is 21.6 Å². The van der Waals surface area contributed by atoms with Crippen molar-refractivity contribution in [3.63, 3.8) is 0 Å². The normalized spacial score (nSPS) is 16.8. The molecule has 0 aromatic heterocycles. The average molecular weight is 437 g/mol. The second-order valence-electron chi connectivity index (χ2n) is 7.32. The molecule has 3 rings (SSSR count). The van der Waals surface area contributed by atoms with Crippen LogP contribution < -0.4 is 0 Å². The maximum atomic E-state index is 13.2. The lowest BCUT2D eigenvalue weighted by Gasteiger charge is -2.22. The fourth-order valence-electron chi connectivity index (χ4n) is 3.50. The van der Waals surface area contributed by atoms with Gasteiger partial charge < -0.3 is 0 Å². The van der Waals surface area contributed by atoms with E-state index in [1.165, 1.54) is 23.4 Å². The Kier molecular flexibility index (Phi) is 6.50. The SMILES string of the molecule is Cc1ccc(S(=O)(=O)N2CCCN(Cc3ccc(C#N)cc3)CC2)cc1C(F)(F)F. The molecule has 9 heteroatoms. The zero-order valence-electron chi connectivity index (χ0n) is 16.5. The van der Waals surface area contributed by atoms with Crippen molar-refractivity contribution in [1.29, 1.82) is 5.26 Å². The van der Waals surface area contributed by atoms with E-state index in [-0.39, 0.29) is 23.5 Å². The quantitative estimate of drug-likeness (QED) is 0.730. The highest BCUT2D eigenvalue weighted by Gasteiger charge is 2.35. The van der Waals surface area contributed by atoms with Crippen molar-refractivity contribution in [2.75, 3.05) is 26.2 Å². The summed E-state index contributed by atoms with van der Waals surface area (Å²) in [4.78, 5) is 1.77. The summed E-state index contributed by atoms with van der Waals surface area (Å²) in [6, 6.07) is 12.4. The zero-order chi connectivity index (χ0) is 21.9. The van der Waals surface area contributed by atoms with Crippen molar-refractivity contribution in [2.24, 2.45) is 0 Å². The molecule has 0 spiro atoms. The van der Waals surface area contributed by atoms with Gasteiger partial charge >= 0.3 is 6.18 Å². The first-order chi connectivity index (χ1) is 14.1. The Labute approximate surface area is 174 Å². The van der Waals surface area contributed by atoms with Gasteiger partial charge in [-0.2, -0.15) is 22.7 Å². The van der Waals surface area contributed by atoms with Crippen LogP contribution in [0.2, 0.25) is 0 Å². The maximum Gasteiger partial charge on any atom is 0.416 e. The van der Waals surface area contributed by atoms with Crippen molar-refractivity contribution in [3.8, 4) is 6.07 Å². The third-order valence-electron chi connectivity index (χ3n) is 5.19. The minimum atomic E-state index is -4.60. The molecule has 1 aliphatic heterocycles. The summed E-state index contributed by atoms with van der Waals surface area (Å²) >= 11 is 0. The number of halogens is 3. The number of nitriles is 1. The standard InChI is InChI=1S/C21H22F3N3O2S/c1-16-3-8-19(13-20(16)21(22,23)24)30(28,29)27-10-2-9-26(11-12-27)15-18-6-4-17(14-25)5-7-18/h3-8,13H,2,9-12,15H2,1H3. The molecule has 1 heterocycles. The second-order valence-corrected chi connectivity index (χ2v) is 9.25. The molecule has 0 unspecified atom stereocenters. The molecule has 0 N–H and O–H groups in total. The first-order valence-corrected chi connectivity index (χ1v) is 10.9. The molecule has 1 saturated heterocycles. The predicted molar refractivity (Wildman–Crippen MR) is 106 cm³/mol. The fourth-order valence-corrected chi connectivity index (χ4v) is 5.00. The van der Waals surface area contributed by atoms with Crippen molar-refractivity contribution in [3.05, 3.63) is 64.7 Å². The van der Waals surface area contributed by atoms with E-state index in [2.05, 4.69) is 11.0 Å².